The van der Waals surface area contributed by atoms with Crippen molar-refractivity contribution >= 4 is 34.4 Å². The van der Waals surface area contributed by atoms with Gasteiger partial charge in [-0.2, -0.15) is 5.10 Å². The van der Waals surface area contributed by atoms with Crippen LogP contribution in [0.3, 0.4) is 0 Å². The lowest BCUT2D eigenvalue weighted by Gasteiger charge is -2.47. The number of pyridine rings is 1. The normalized spacial score (nSPS) is 19.3. The van der Waals surface area contributed by atoms with E-state index in [9.17, 15) is 9.90 Å². The van der Waals surface area contributed by atoms with E-state index in [4.69, 9.17) is 36.4 Å². The Kier molecular flexibility index (Phi) is 9.02. The van der Waals surface area contributed by atoms with Gasteiger partial charge in [-0.3, -0.25) is 4.79 Å². The van der Waals surface area contributed by atoms with Gasteiger partial charge in [0.15, 0.2) is 11.5 Å². The Morgan fingerprint density at radius 1 is 0.800 bits per heavy atom. The zero-order chi connectivity index (χ0) is 37.5. The molecule has 3 aliphatic carbocycles. The number of methoxy groups -OCH3 is 1. The minimum absolute atomic E-state index is 0.136. The molecule has 3 aromatic heterocycles. The number of rotatable bonds is 10. The molecule has 10 rings (SSSR count). The number of anilines is 1. The predicted molar refractivity (Wildman–Crippen MR) is 214 cm³/mol. The standard InChI is InChI=1S/C45H39ClN6O3/c1-55-35-23-21-28(22-24-35)37-26-38(49-40-30-19-17-29(18-20-30)39(40)44(53)54)50-42(48-37)41-36-25-34(46)27-47-43(36)52(51-41)45(31-11-5-2-6-12-31,32-13-7-3-8-14-32)33-15-9-4-10-16-33/h2-16,21-27,29-30,39-40H,17-20H2,1H3,(H,53,54)(H,48,49,50). The topological polar surface area (TPSA) is 115 Å². The molecule has 0 spiro atoms. The molecular formula is C45H39ClN6O3. The Morgan fingerprint density at radius 2 is 1.38 bits per heavy atom. The van der Waals surface area contributed by atoms with Gasteiger partial charge in [0.1, 0.15) is 22.8 Å². The second-order valence-corrected chi connectivity index (χ2v) is 14.9. The fourth-order valence-corrected chi connectivity index (χ4v) is 9.16. The molecule has 9 nitrogen and oxygen atoms in total. The Labute approximate surface area is 324 Å². The van der Waals surface area contributed by atoms with Gasteiger partial charge in [0.2, 0.25) is 0 Å². The van der Waals surface area contributed by atoms with Gasteiger partial charge < -0.3 is 15.2 Å². The van der Waals surface area contributed by atoms with Crippen molar-refractivity contribution in [2.24, 2.45) is 17.8 Å². The SMILES string of the molecule is COc1ccc(-c2cc(NC3C4CCC(CC4)C3C(=O)O)nc(-c3nn(C(c4ccccc4)(c4ccccc4)c4ccccc4)c4ncc(Cl)cc34)n2)cc1. The summed E-state index contributed by atoms with van der Waals surface area (Å²) < 4.78 is 7.43. The second kappa shape index (κ2) is 14.3. The van der Waals surface area contributed by atoms with Crippen LogP contribution in [0.2, 0.25) is 5.02 Å². The Bertz CT molecular complexity index is 2370. The number of halogens is 1. The first-order valence-corrected chi connectivity index (χ1v) is 19.1. The van der Waals surface area contributed by atoms with E-state index in [2.05, 4.69) is 41.7 Å². The highest BCUT2D eigenvalue weighted by atomic mass is 35.5. The van der Waals surface area contributed by atoms with Gasteiger partial charge in [0.25, 0.3) is 0 Å². The molecular weight excluding hydrogens is 708 g/mol. The minimum atomic E-state index is -0.966. The quantitative estimate of drug-likeness (QED) is 0.133. The van der Waals surface area contributed by atoms with Crippen molar-refractivity contribution in [2.45, 2.75) is 37.3 Å². The van der Waals surface area contributed by atoms with E-state index in [1.165, 1.54) is 0 Å². The van der Waals surface area contributed by atoms with Crippen molar-refractivity contribution in [1.82, 2.24) is 24.7 Å². The summed E-state index contributed by atoms with van der Waals surface area (Å²) in [5.74, 6) is 0.737. The third-order valence-corrected chi connectivity index (χ3v) is 11.7. The monoisotopic (exact) mass is 746 g/mol. The maximum Gasteiger partial charge on any atom is 0.308 e. The van der Waals surface area contributed by atoms with Crippen molar-refractivity contribution in [2.75, 3.05) is 12.4 Å². The summed E-state index contributed by atoms with van der Waals surface area (Å²) in [6.07, 6.45) is 5.51. The Balaban J connectivity index is 1.30. The first-order chi connectivity index (χ1) is 26.9. The molecule has 2 unspecified atom stereocenters. The first-order valence-electron chi connectivity index (χ1n) is 18.7. The third-order valence-electron chi connectivity index (χ3n) is 11.5. The maximum absolute atomic E-state index is 12.7. The lowest BCUT2D eigenvalue weighted by atomic mass is 9.61. The second-order valence-electron chi connectivity index (χ2n) is 14.5. The summed E-state index contributed by atoms with van der Waals surface area (Å²) in [5, 5.41) is 20.6. The fourth-order valence-electron chi connectivity index (χ4n) is 9.00. The van der Waals surface area contributed by atoms with Crippen LogP contribution in [0.15, 0.2) is 134 Å². The Morgan fingerprint density at radius 3 is 1.95 bits per heavy atom. The molecule has 3 fully saturated rings. The number of aromatic nitrogens is 5. The van der Waals surface area contributed by atoms with Crippen LogP contribution in [0.4, 0.5) is 5.82 Å². The van der Waals surface area contributed by atoms with Gasteiger partial charge in [-0.1, -0.05) is 103 Å². The zero-order valence-corrected chi connectivity index (χ0v) is 31.0. The van der Waals surface area contributed by atoms with Crippen LogP contribution in [-0.2, 0) is 10.3 Å². The summed E-state index contributed by atoms with van der Waals surface area (Å²) in [6, 6.07) is 42.1. The molecule has 7 aromatic rings. The average Bonchev–Trinajstić information content (AvgIpc) is 3.61. The van der Waals surface area contributed by atoms with Crippen molar-refractivity contribution in [3.8, 4) is 28.5 Å². The number of aliphatic carboxylic acids is 1. The van der Waals surface area contributed by atoms with Crippen molar-refractivity contribution in [3.05, 3.63) is 155 Å². The molecule has 274 valence electrons. The van der Waals surface area contributed by atoms with Crippen LogP contribution in [0.25, 0.3) is 33.8 Å². The molecule has 0 aliphatic heterocycles. The number of fused-ring (bicyclic) bond motifs is 4. The predicted octanol–water partition coefficient (Wildman–Crippen LogP) is 9.36. The molecule has 0 saturated heterocycles. The minimum Gasteiger partial charge on any atom is -0.497 e. The molecule has 2 atom stereocenters. The zero-order valence-electron chi connectivity index (χ0n) is 30.2. The van der Waals surface area contributed by atoms with Crippen LogP contribution in [0, 0.1) is 17.8 Å². The van der Waals surface area contributed by atoms with Gasteiger partial charge in [0.05, 0.1) is 29.1 Å². The highest BCUT2D eigenvalue weighted by molar-refractivity contribution is 6.31. The van der Waals surface area contributed by atoms with Gasteiger partial charge in [-0.05, 0) is 84.5 Å². The van der Waals surface area contributed by atoms with Crippen LogP contribution >= 0.6 is 11.6 Å². The van der Waals surface area contributed by atoms with Gasteiger partial charge in [-0.15, -0.1) is 0 Å². The molecule has 0 radical (unpaired) electrons. The van der Waals surface area contributed by atoms with E-state index >= 15 is 0 Å². The van der Waals surface area contributed by atoms with E-state index in [0.717, 1.165) is 53.7 Å². The number of nitrogens with zero attached hydrogens (tertiary/aromatic N) is 5. The van der Waals surface area contributed by atoms with Crippen molar-refractivity contribution < 1.29 is 14.6 Å². The largest absolute Gasteiger partial charge is 0.497 e. The maximum atomic E-state index is 12.7. The molecule has 2 bridgehead atoms. The molecule has 3 aliphatic rings. The molecule has 10 heteroatoms. The molecule has 2 N–H and O–H groups in total. The molecule has 4 aromatic carbocycles. The molecule has 55 heavy (non-hydrogen) atoms. The number of carboxylic acid groups (broad SMARTS) is 1. The summed E-state index contributed by atoms with van der Waals surface area (Å²) in [5.41, 5.74) is 4.59. The van der Waals surface area contributed by atoms with E-state index < -0.39 is 17.4 Å². The number of hydrogen-bond acceptors (Lipinski definition) is 7. The fraction of sp³-hybridized carbons (Fsp3) is 0.222. The van der Waals surface area contributed by atoms with Gasteiger partial charge in [-0.25, -0.2) is 19.6 Å². The van der Waals surface area contributed by atoms with E-state index in [1.807, 2.05) is 95.7 Å². The van der Waals surface area contributed by atoms with Crippen LogP contribution in [-0.4, -0.2) is 49.0 Å². The highest BCUT2D eigenvalue weighted by Crippen LogP contribution is 2.47. The summed E-state index contributed by atoms with van der Waals surface area (Å²) in [4.78, 5) is 28.0. The molecule has 0 amide bonds. The van der Waals surface area contributed by atoms with Crippen LogP contribution in [0.5, 0.6) is 5.75 Å². The number of ether oxygens (including phenoxy) is 1. The summed E-state index contributed by atoms with van der Waals surface area (Å²) in [7, 11) is 1.64. The summed E-state index contributed by atoms with van der Waals surface area (Å²) in [6.45, 7) is 0. The van der Waals surface area contributed by atoms with E-state index in [1.54, 1.807) is 13.3 Å². The van der Waals surface area contributed by atoms with Gasteiger partial charge >= 0.3 is 5.97 Å². The first kappa shape index (κ1) is 34.7. The number of carboxylic acids is 1. The summed E-state index contributed by atoms with van der Waals surface area (Å²) >= 11 is 6.73. The van der Waals surface area contributed by atoms with E-state index in [-0.39, 0.29) is 17.9 Å². The number of carbonyl (C=O) groups is 1. The number of hydrogen-bond donors (Lipinski definition) is 2. The van der Waals surface area contributed by atoms with Crippen molar-refractivity contribution in [3.63, 3.8) is 0 Å². The molecule has 3 heterocycles. The van der Waals surface area contributed by atoms with E-state index in [0.29, 0.717) is 39.1 Å². The number of benzene rings is 4. The average molecular weight is 747 g/mol. The lowest BCUT2D eigenvalue weighted by Crippen LogP contribution is -2.51. The van der Waals surface area contributed by atoms with Crippen LogP contribution in [0.1, 0.15) is 42.4 Å². The van der Waals surface area contributed by atoms with Crippen molar-refractivity contribution in [1.29, 1.82) is 0 Å². The van der Waals surface area contributed by atoms with Crippen LogP contribution < -0.4 is 10.1 Å². The smallest absolute Gasteiger partial charge is 0.308 e. The Hall–Kier alpha value is -6.06. The molecule has 3 saturated carbocycles. The van der Waals surface area contributed by atoms with Gasteiger partial charge in [0, 0.05) is 23.9 Å². The highest BCUT2D eigenvalue weighted by Gasteiger charge is 2.47. The third kappa shape index (κ3) is 6.09. The number of nitrogens with one attached hydrogen (secondary N) is 1. The lowest BCUT2D eigenvalue weighted by molar-refractivity contribution is -0.148.